The Morgan fingerprint density at radius 2 is 1.71 bits per heavy atom. The van der Waals surface area contributed by atoms with Crippen molar-refractivity contribution in [2.75, 3.05) is 30.1 Å². The number of anilines is 2. The van der Waals surface area contributed by atoms with Crippen molar-refractivity contribution in [1.82, 2.24) is 0 Å². The Balaban J connectivity index is 2.20. The molecule has 0 aliphatic carbocycles. The number of amides is 1. The molecule has 0 saturated heterocycles. The van der Waals surface area contributed by atoms with Gasteiger partial charge in [-0.1, -0.05) is 0 Å². The van der Waals surface area contributed by atoms with Crippen LogP contribution in [0.4, 0.5) is 43.4 Å². The Bertz CT molecular complexity index is 992. The number of carbonyl (C=O) groups is 1. The van der Waals surface area contributed by atoms with Gasteiger partial charge in [-0.15, -0.1) is 11.8 Å². The van der Waals surface area contributed by atoms with Crippen LogP contribution in [0, 0.1) is 10.1 Å². The van der Waals surface area contributed by atoms with E-state index in [1.54, 1.807) is 14.1 Å². The third kappa shape index (κ3) is 6.26. The van der Waals surface area contributed by atoms with E-state index >= 15 is 0 Å². The van der Waals surface area contributed by atoms with Gasteiger partial charge in [-0.2, -0.15) is 26.3 Å². The van der Waals surface area contributed by atoms with Crippen molar-refractivity contribution in [3.63, 3.8) is 0 Å². The molecule has 2 aromatic carbocycles. The molecular weight excluding hydrogens is 452 g/mol. The van der Waals surface area contributed by atoms with Crippen molar-refractivity contribution in [2.45, 2.75) is 17.2 Å². The zero-order valence-corrected chi connectivity index (χ0v) is 16.8. The molecule has 31 heavy (non-hydrogen) atoms. The van der Waals surface area contributed by atoms with Crippen molar-refractivity contribution < 1.29 is 36.1 Å². The van der Waals surface area contributed by atoms with Gasteiger partial charge < -0.3 is 10.2 Å². The molecule has 0 aliphatic heterocycles. The molecule has 168 valence electrons. The van der Waals surface area contributed by atoms with Crippen molar-refractivity contribution in [2.24, 2.45) is 0 Å². The molecule has 0 spiro atoms. The van der Waals surface area contributed by atoms with E-state index < -0.39 is 51.4 Å². The van der Waals surface area contributed by atoms with Gasteiger partial charge in [-0.05, 0) is 30.3 Å². The van der Waals surface area contributed by atoms with E-state index in [1.807, 2.05) is 0 Å². The van der Waals surface area contributed by atoms with Crippen LogP contribution in [-0.4, -0.2) is 30.7 Å². The van der Waals surface area contributed by atoms with Gasteiger partial charge in [0.25, 0.3) is 5.69 Å². The Labute approximate surface area is 176 Å². The Hall–Kier alpha value is -2.96. The highest BCUT2D eigenvalue weighted by Crippen LogP contribution is 2.38. The van der Waals surface area contributed by atoms with E-state index in [0.717, 1.165) is 18.2 Å². The second-order valence-corrected chi connectivity index (χ2v) is 7.41. The van der Waals surface area contributed by atoms with Crippen molar-refractivity contribution in [3.05, 3.63) is 57.6 Å². The zero-order chi connectivity index (χ0) is 23.6. The molecule has 0 aliphatic rings. The molecule has 0 heterocycles. The number of nitro benzene ring substituents is 1. The molecule has 0 bridgehead atoms. The number of halogens is 6. The lowest BCUT2D eigenvalue weighted by atomic mass is 10.1. The van der Waals surface area contributed by atoms with E-state index in [4.69, 9.17) is 0 Å². The minimum absolute atomic E-state index is 0.229. The molecule has 1 amide bonds. The maximum Gasteiger partial charge on any atom is 0.418 e. The first-order chi connectivity index (χ1) is 14.2. The molecule has 0 fully saturated rings. The lowest BCUT2D eigenvalue weighted by Crippen LogP contribution is -2.19. The second kappa shape index (κ2) is 9.04. The van der Waals surface area contributed by atoms with Crippen LogP contribution in [0.25, 0.3) is 0 Å². The summed E-state index contributed by atoms with van der Waals surface area (Å²) in [5.41, 5.74) is -3.44. The summed E-state index contributed by atoms with van der Waals surface area (Å²) in [5.74, 6) is -1.47. The average Bonchev–Trinajstić information content (AvgIpc) is 2.64. The first-order valence-corrected chi connectivity index (χ1v) is 9.35. The van der Waals surface area contributed by atoms with Gasteiger partial charge in [0.2, 0.25) is 5.91 Å². The van der Waals surface area contributed by atoms with Crippen molar-refractivity contribution in [3.8, 4) is 0 Å². The fourth-order valence-electron chi connectivity index (χ4n) is 2.44. The molecule has 13 heteroatoms. The van der Waals surface area contributed by atoms with Gasteiger partial charge in [0, 0.05) is 25.8 Å². The van der Waals surface area contributed by atoms with Crippen LogP contribution in [0.3, 0.4) is 0 Å². The van der Waals surface area contributed by atoms with Crippen LogP contribution in [-0.2, 0) is 17.1 Å². The van der Waals surface area contributed by atoms with Gasteiger partial charge in [-0.25, -0.2) is 0 Å². The van der Waals surface area contributed by atoms with E-state index in [9.17, 15) is 41.3 Å². The number of nitro groups is 1. The number of thioether (sulfide) groups is 1. The van der Waals surface area contributed by atoms with Gasteiger partial charge in [0.1, 0.15) is 0 Å². The van der Waals surface area contributed by atoms with Gasteiger partial charge in [0.15, 0.2) is 0 Å². The number of benzene rings is 2. The van der Waals surface area contributed by atoms with Gasteiger partial charge in [-0.3, -0.25) is 14.9 Å². The fourth-order valence-corrected chi connectivity index (χ4v) is 3.25. The van der Waals surface area contributed by atoms with Crippen LogP contribution in [0.15, 0.2) is 41.3 Å². The molecule has 0 saturated carbocycles. The normalized spacial score (nSPS) is 11.9. The van der Waals surface area contributed by atoms with Crippen LogP contribution in [0.1, 0.15) is 11.1 Å². The largest absolute Gasteiger partial charge is 0.418 e. The minimum Gasteiger partial charge on any atom is -0.378 e. The highest BCUT2D eigenvalue weighted by Gasteiger charge is 2.35. The SMILES string of the molecule is CN(C)c1ccc(NC(=O)CSc2ccc(C(F)(F)F)cc2[N+](=O)[O-])c(C(F)(F)F)c1. The summed E-state index contributed by atoms with van der Waals surface area (Å²) >= 11 is 0.533. The summed E-state index contributed by atoms with van der Waals surface area (Å²) in [6, 6.07) is 5.08. The Morgan fingerprint density at radius 3 is 2.23 bits per heavy atom. The number of nitrogens with zero attached hydrogens (tertiary/aromatic N) is 2. The number of nitrogens with one attached hydrogen (secondary N) is 1. The summed E-state index contributed by atoms with van der Waals surface area (Å²) in [7, 11) is 3.09. The lowest BCUT2D eigenvalue weighted by molar-refractivity contribution is -0.388. The molecule has 0 unspecified atom stereocenters. The van der Waals surface area contributed by atoms with E-state index in [0.29, 0.717) is 23.9 Å². The first-order valence-electron chi connectivity index (χ1n) is 8.37. The summed E-state index contributed by atoms with van der Waals surface area (Å²) < 4.78 is 78.2. The van der Waals surface area contributed by atoms with E-state index in [1.165, 1.54) is 11.0 Å². The molecular formula is C18H15F6N3O3S. The predicted octanol–water partition coefficient (Wildman–Crippen LogP) is 5.43. The highest BCUT2D eigenvalue weighted by atomic mass is 32.2. The molecule has 1 N–H and O–H groups in total. The quantitative estimate of drug-likeness (QED) is 0.265. The third-order valence-electron chi connectivity index (χ3n) is 3.94. The maximum absolute atomic E-state index is 13.3. The highest BCUT2D eigenvalue weighted by molar-refractivity contribution is 8.00. The zero-order valence-electron chi connectivity index (χ0n) is 16.0. The summed E-state index contributed by atoms with van der Waals surface area (Å²) in [6.07, 6.45) is -9.55. The van der Waals surface area contributed by atoms with Crippen LogP contribution in [0.2, 0.25) is 0 Å². The Morgan fingerprint density at radius 1 is 1.06 bits per heavy atom. The van der Waals surface area contributed by atoms with Gasteiger partial charge >= 0.3 is 12.4 Å². The maximum atomic E-state index is 13.3. The second-order valence-electron chi connectivity index (χ2n) is 6.40. The van der Waals surface area contributed by atoms with Crippen molar-refractivity contribution in [1.29, 1.82) is 0 Å². The van der Waals surface area contributed by atoms with Crippen LogP contribution in [0.5, 0.6) is 0 Å². The van der Waals surface area contributed by atoms with Crippen LogP contribution >= 0.6 is 11.8 Å². The average molecular weight is 467 g/mol. The third-order valence-corrected chi connectivity index (χ3v) is 5.00. The monoisotopic (exact) mass is 467 g/mol. The van der Waals surface area contributed by atoms with E-state index in [-0.39, 0.29) is 10.6 Å². The van der Waals surface area contributed by atoms with Gasteiger partial charge in [0.05, 0.1) is 32.4 Å². The Kier molecular flexibility index (Phi) is 7.09. The molecule has 6 nitrogen and oxygen atoms in total. The summed E-state index contributed by atoms with van der Waals surface area (Å²) in [5, 5.41) is 13.2. The predicted molar refractivity (Wildman–Crippen MR) is 103 cm³/mol. The van der Waals surface area contributed by atoms with Crippen molar-refractivity contribution >= 4 is 34.7 Å². The molecule has 0 atom stereocenters. The van der Waals surface area contributed by atoms with Crippen LogP contribution < -0.4 is 10.2 Å². The molecule has 2 aromatic rings. The summed E-state index contributed by atoms with van der Waals surface area (Å²) in [6.45, 7) is 0. The number of carbonyl (C=O) groups excluding carboxylic acids is 1. The number of hydrogen-bond acceptors (Lipinski definition) is 5. The molecule has 0 aromatic heterocycles. The molecule has 2 rings (SSSR count). The number of hydrogen-bond donors (Lipinski definition) is 1. The van der Waals surface area contributed by atoms with E-state index in [2.05, 4.69) is 5.32 Å². The number of rotatable bonds is 6. The fraction of sp³-hybridized carbons (Fsp3) is 0.278. The summed E-state index contributed by atoms with van der Waals surface area (Å²) in [4.78, 5) is 23.4. The molecule has 0 radical (unpaired) electrons. The smallest absolute Gasteiger partial charge is 0.378 e. The standard InChI is InChI=1S/C18H15F6N3O3S/c1-26(2)11-4-5-13(12(8-11)18(22,23)24)25-16(28)9-31-15-6-3-10(17(19,20)21)7-14(15)27(29)30/h3-8H,9H2,1-2H3,(H,25,28). The lowest BCUT2D eigenvalue weighted by Gasteiger charge is -2.18. The first kappa shape index (κ1) is 24.3. The number of alkyl halides is 6. The topological polar surface area (TPSA) is 75.5 Å². The minimum atomic E-state index is -4.79.